The van der Waals surface area contributed by atoms with E-state index >= 15 is 0 Å². The molecule has 82 heavy (non-hydrogen) atoms. The van der Waals surface area contributed by atoms with Crippen LogP contribution in [0, 0.1) is 23.7 Å². The summed E-state index contributed by atoms with van der Waals surface area (Å²) in [6.07, 6.45) is 12.2. The first-order valence-electron chi connectivity index (χ1n) is 27.7. The van der Waals surface area contributed by atoms with Crippen LogP contribution in [0.4, 0.5) is 28.4 Å². The Morgan fingerprint density at radius 3 is 1.56 bits per heavy atom. The predicted molar refractivity (Wildman–Crippen MR) is 329 cm³/mol. The van der Waals surface area contributed by atoms with Crippen molar-refractivity contribution in [3.8, 4) is 17.1 Å². The molecule has 0 amide bonds. The van der Waals surface area contributed by atoms with Crippen molar-refractivity contribution >= 4 is 61.1 Å². The van der Waals surface area contributed by atoms with Crippen LogP contribution in [-0.2, 0) is 32.1 Å². The van der Waals surface area contributed by atoms with Gasteiger partial charge < -0.3 is 32.8 Å². The lowest BCUT2D eigenvalue weighted by molar-refractivity contribution is 0.595. The smallest absolute Gasteiger partial charge is 0.255 e. The fourth-order valence-corrected chi connectivity index (χ4v) is 10.8. The number of hydrogen-bond acceptors (Lipinski definition) is 15. The van der Waals surface area contributed by atoms with Gasteiger partial charge in [-0.2, -0.15) is 10.2 Å². The van der Waals surface area contributed by atoms with E-state index in [0.29, 0.717) is 35.0 Å². The van der Waals surface area contributed by atoms with Gasteiger partial charge in [-0.05, 0) is 132 Å². The molecule has 422 valence electrons. The molecular weight excluding hydrogens is 1040 g/mol. The summed E-state index contributed by atoms with van der Waals surface area (Å²) in [7, 11) is 0. The van der Waals surface area contributed by atoms with Crippen molar-refractivity contribution in [1.82, 2.24) is 24.1 Å². The average Bonchev–Trinajstić information content (AvgIpc) is 3.34. The van der Waals surface area contributed by atoms with E-state index in [9.17, 15) is 38.4 Å². The van der Waals surface area contributed by atoms with Gasteiger partial charge in [0.2, 0.25) is 0 Å². The van der Waals surface area contributed by atoms with Gasteiger partial charge in [0.05, 0.1) is 28.8 Å². The first-order chi connectivity index (χ1) is 38.9. The van der Waals surface area contributed by atoms with Crippen LogP contribution in [0.15, 0.2) is 136 Å². The summed E-state index contributed by atoms with van der Waals surface area (Å²) in [5, 5.41) is 14.6. The molecule has 12 rings (SSSR count). The van der Waals surface area contributed by atoms with Crippen molar-refractivity contribution in [2.75, 3.05) is 28.3 Å². The Morgan fingerprint density at radius 2 is 1.00 bits per heavy atom. The third-order valence-electron chi connectivity index (χ3n) is 14.8. The number of nitrogen functional groups attached to an aromatic ring is 4. The molecule has 3 aromatic heterocycles. The second-order valence-electron chi connectivity index (χ2n) is 23.2. The Balaban J connectivity index is 0.000000132. The lowest BCUT2D eigenvalue weighted by Crippen LogP contribution is -2.38. The van der Waals surface area contributed by atoms with E-state index in [4.69, 9.17) is 22.9 Å². The highest BCUT2D eigenvalue weighted by molar-refractivity contribution is 5.85. The van der Waals surface area contributed by atoms with Crippen LogP contribution < -0.4 is 71.7 Å². The summed E-state index contributed by atoms with van der Waals surface area (Å²) < 4.78 is 4.60. The zero-order valence-corrected chi connectivity index (χ0v) is 47.4. The molecule has 0 radical (unpaired) electrons. The standard InChI is InChI=1S/C18H22N2O2.C16H16N2O2.2C15H15N3O2/c1-10(2)8-11-6-7-12-4-3-5-14(13(12)9-11)20-16-15(19)17(21)18(16)22;1-9(2)7-10-3-4-11-5-6-18(12(11)8-10)14-13(17)15(19)16(14)20;1-8(2)5-9-3-4-10-7-18(17-11(10)6-9)13-12(16)14(19)15(13)20;1-8(2)5-9-3-4-10-7-17-18(11(10)6-9)13-12(16)14(19)15(13)20/h6-7,9-10,14,20H,3-5,8,19H2,1-2H3;3-6,8-9H,7,17H2,1-2H3;2*3-4,6-8H,5,16H2,1-2H3. The van der Waals surface area contributed by atoms with E-state index in [1.54, 1.807) is 23.2 Å². The topological polar surface area (TPSA) is 293 Å². The Bertz CT molecular complexity index is 4360. The maximum absolute atomic E-state index is 11.7. The van der Waals surface area contributed by atoms with E-state index in [0.717, 1.165) is 77.7 Å². The van der Waals surface area contributed by atoms with Crippen LogP contribution in [-0.4, -0.2) is 24.1 Å². The van der Waals surface area contributed by atoms with Crippen molar-refractivity contribution in [3.63, 3.8) is 0 Å². The first-order valence-corrected chi connectivity index (χ1v) is 27.7. The van der Waals surface area contributed by atoms with Gasteiger partial charge in [0, 0.05) is 23.2 Å². The number of nitrogens with two attached hydrogens (primary N) is 4. The van der Waals surface area contributed by atoms with E-state index in [-0.39, 0.29) is 40.2 Å². The Hall–Kier alpha value is -9.32. The van der Waals surface area contributed by atoms with E-state index < -0.39 is 43.4 Å². The minimum atomic E-state index is -0.625. The highest BCUT2D eigenvalue weighted by atomic mass is 16.2. The first kappa shape index (κ1) is 57.4. The maximum Gasteiger partial charge on any atom is 0.255 e. The van der Waals surface area contributed by atoms with Gasteiger partial charge in [-0.1, -0.05) is 110 Å². The summed E-state index contributed by atoms with van der Waals surface area (Å²) in [6, 6.07) is 26.9. The van der Waals surface area contributed by atoms with Crippen LogP contribution in [0.3, 0.4) is 0 Å². The molecule has 9 N–H and O–H groups in total. The van der Waals surface area contributed by atoms with Gasteiger partial charge in [-0.3, -0.25) is 38.4 Å². The van der Waals surface area contributed by atoms with E-state index in [1.807, 2.05) is 36.4 Å². The summed E-state index contributed by atoms with van der Waals surface area (Å²) in [5.74, 6) is 2.28. The zero-order chi connectivity index (χ0) is 59.2. The predicted octanol–water partition coefficient (Wildman–Crippen LogP) is 7.36. The third-order valence-corrected chi connectivity index (χ3v) is 14.8. The molecule has 1 unspecified atom stereocenters. The van der Waals surface area contributed by atoms with Gasteiger partial charge in [0.15, 0.2) is 0 Å². The number of nitrogens with one attached hydrogen (secondary N) is 1. The summed E-state index contributed by atoms with van der Waals surface area (Å²) in [4.78, 5) is 91.4. The summed E-state index contributed by atoms with van der Waals surface area (Å²) in [6.45, 7) is 17.4. The van der Waals surface area contributed by atoms with Crippen molar-refractivity contribution in [2.45, 2.75) is 106 Å². The molecule has 18 nitrogen and oxygen atoms in total. The maximum atomic E-state index is 11.7. The minimum Gasteiger partial charge on any atom is -0.394 e. The number of aromatic nitrogens is 5. The van der Waals surface area contributed by atoms with E-state index in [2.05, 4.69) is 113 Å². The Kier molecular flexibility index (Phi) is 16.1. The molecule has 11 aromatic rings. The zero-order valence-electron chi connectivity index (χ0n) is 47.4. The molecule has 1 aliphatic rings. The number of hydrogen-bond donors (Lipinski definition) is 5. The van der Waals surface area contributed by atoms with Crippen molar-refractivity contribution < 1.29 is 0 Å². The van der Waals surface area contributed by atoms with Crippen LogP contribution in [0.25, 0.3) is 49.8 Å². The molecule has 0 bridgehead atoms. The number of fused-ring (bicyclic) bond motifs is 4. The van der Waals surface area contributed by atoms with Crippen LogP contribution in [0.5, 0.6) is 0 Å². The fourth-order valence-electron chi connectivity index (χ4n) is 10.8. The SMILES string of the molecule is CC(C)Cc1ccc2c(c1)C(Nc1c(N)c(=O)c1=O)CCC2.CC(C)Cc1ccc2ccn(-c3c(N)c(=O)c3=O)c2c1.CC(C)Cc1ccc2cn(-c3c(N)c(=O)c3=O)nc2c1.CC(C)Cc1ccc2cnn(-c3c(N)c(=O)c3=O)c2c1. The van der Waals surface area contributed by atoms with Gasteiger partial charge >= 0.3 is 0 Å². The normalized spacial score (nSPS) is 13.3. The van der Waals surface area contributed by atoms with Crippen LogP contribution in [0.2, 0.25) is 0 Å². The molecule has 0 saturated heterocycles. The monoisotopic (exact) mass is 1100 g/mol. The number of anilines is 5. The molecule has 1 aliphatic carbocycles. The van der Waals surface area contributed by atoms with Gasteiger partial charge in [0.25, 0.3) is 43.4 Å². The Labute approximate surface area is 471 Å². The molecule has 0 saturated carbocycles. The van der Waals surface area contributed by atoms with E-state index in [1.165, 1.54) is 42.7 Å². The number of aryl methyl sites for hydroxylation is 1. The van der Waals surface area contributed by atoms with Crippen molar-refractivity contribution in [2.24, 2.45) is 23.7 Å². The van der Waals surface area contributed by atoms with Crippen molar-refractivity contribution in [1.29, 1.82) is 0 Å². The highest BCUT2D eigenvalue weighted by Gasteiger charge is 2.27. The highest BCUT2D eigenvalue weighted by Crippen LogP contribution is 2.34. The second kappa shape index (κ2) is 23.0. The van der Waals surface area contributed by atoms with Gasteiger partial charge in [-0.25, -0.2) is 9.36 Å². The summed E-state index contributed by atoms with van der Waals surface area (Å²) >= 11 is 0. The number of rotatable bonds is 13. The quantitative estimate of drug-likeness (QED) is 0.0705. The lowest BCUT2D eigenvalue weighted by Gasteiger charge is -2.28. The van der Waals surface area contributed by atoms with Gasteiger partial charge in [0.1, 0.15) is 45.5 Å². The largest absolute Gasteiger partial charge is 0.394 e. The fraction of sp³-hybridized carbons (Fsp3) is 0.312. The molecule has 0 fully saturated rings. The van der Waals surface area contributed by atoms with Crippen molar-refractivity contribution in [3.05, 3.63) is 213 Å². The molecule has 0 aliphatic heterocycles. The molecular formula is C64H68N10O8. The van der Waals surface area contributed by atoms with Crippen LogP contribution in [0.1, 0.15) is 108 Å². The molecule has 1 atom stereocenters. The molecule has 8 aromatic carbocycles. The second-order valence-corrected chi connectivity index (χ2v) is 23.2. The number of benzene rings is 4. The third kappa shape index (κ3) is 11.2. The molecule has 18 heteroatoms. The van der Waals surface area contributed by atoms with Gasteiger partial charge in [-0.15, -0.1) is 0 Å². The Morgan fingerprint density at radius 1 is 0.512 bits per heavy atom. The summed E-state index contributed by atoms with van der Waals surface area (Å²) in [5.41, 5.74) is 29.0. The lowest BCUT2D eigenvalue weighted by atomic mass is 9.85. The molecule has 3 heterocycles. The average molecular weight is 1110 g/mol. The minimum absolute atomic E-state index is 0.00531. The van der Waals surface area contributed by atoms with Crippen LogP contribution >= 0.6 is 0 Å². The number of nitrogens with zero attached hydrogens (tertiary/aromatic N) is 5. The molecule has 0 spiro atoms.